The Morgan fingerprint density at radius 3 is 1.19 bits per heavy atom. The Morgan fingerprint density at radius 1 is 0.462 bits per heavy atom. The predicted octanol–water partition coefficient (Wildman–Crippen LogP) is 12.0. The third-order valence-electron chi connectivity index (χ3n) is 10.0. The predicted molar refractivity (Wildman–Crippen MR) is 220 cm³/mol. The average Bonchev–Trinajstić information content (AvgIpc) is 3.14. The third-order valence-corrected chi connectivity index (χ3v) is 10.0. The van der Waals surface area contributed by atoms with Crippen LogP contribution in [0.15, 0.2) is 12.2 Å². The number of allylic oxidation sites excluding steroid dienone is 2. The standard InChI is InChI=1S/C45H86N2O5/c1-3-5-7-9-10-11-12-13-14-16-19-22-25-29-32-36-43(49)46-40-42(48)41-47-44(50)37-33-30-26-23-20-17-15-18-21-24-27-31-35-39-52-45(51)38-34-28-8-6-4-2/h13-14,42,48H,3-12,15-41H2,1-2H3,(H,46,49)(H,47,50)/b14-13-. The largest absolute Gasteiger partial charge is 0.466 e. The van der Waals surface area contributed by atoms with Crippen LogP contribution in [0.5, 0.6) is 0 Å². The van der Waals surface area contributed by atoms with Crippen LogP contribution in [0.1, 0.15) is 232 Å². The van der Waals surface area contributed by atoms with E-state index in [0.717, 1.165) is 64.2 Å². The van der Waals surface area contributed by atoms with E-state index >= 15 is 0 Å². The first kappa shape index (κ1) is 50.1. The minimum Gasteiger partial charge on any atom is -0.466 e. The Kier molecular flexibility index (Phi) is 40.3. The molecular weight excluding hydrogens is 649 g/mol. The number of nitrogens with one attached hydrogen (secondary N) is 2. The number of rotatable bonds is 41. The molecule has 306 valence electrons. The van der Waals surface area contributed by atoms with Gasteiger partial charge in [-0.05, 0) is 51.4 Å². The van der Waals surface area contributed by atoms with E-state index in [1.165, 1.54) is 135 Å². The Bertz CT molecular complexity index is 818. The minimum absolute atomic E-state index is 0.0193. The van der Waals surface area contributed by atoms with Crippen LogP contribution in [0.4, 0.5) is 0 Å². The molecular formula is C45H86N2O5. The van der Waals surface area contributed by atoms with Crippen molar-refractivity contribution < 1.29 is 24.2 Å². The number of aliphatic hydroxyl groups is 1. The van der Waals surface area contributed by atoms with E-state index in [9.17, 15) is 19.5 Å². The fourth-order valence-corrected chi connectivity index (χ4v) is 6.53. The van der Waals surface area contributed by atoms with Gasteiger partial charge in [-0.3, -0.25) is 14.4 Å². The molecule has 0 aliphatic heterocycles. The monoisotopic (exact) mass is 735 g/mol. The maximum Gasteiger partial charge on any atom is 0.305 e. The van der Waals surface area contributed by atoms with Crippen LogP contribution < -0.4 is 10.6 Å². The number of hydrogen-bond donors (Lipinski definition) is 3. The molecule has 0 aromatic heterocycles. The number of aliphatic hydroxyl groups excluding tert-OH is 1. The highest BCUT2D eigenvalue weighted by Crippen LogP contribution is 2.14. The van der Waals surface area contributed by atoms with Gasteiger partial charge in [-0.25, -0.2) is 0 Å². The summed E-state index contributed by atoms with van der Waals surface area (Å²) in [6.07, 6.45) is 42.9. The Hall–Kier alpha value is -1.89. The van der Waals surface area contributed by atoms with Crippen molar-refractivity contribution in [3.8, 4) is 0 Å². The zero-order chi connectivity index (χ0) is 38.0. The molecule has 0 fully saturated rings. The lowest BCUT2D eigenvalue weighted by Crippen LogP contribution is -2.39. The van der Waals surface area contributed by atoms with Crippen LogP contribution in [0, 0.1) is 0 Å². The lowest BCUT2D eigenvalue weighted by Gasteiger charge is -2.13. The van der Waals surface area contributed by atoms with Gasteiger partial charge in [0.25, 0.3) is 0 Å². The Morgan fingerprint density at radius 2 is 0.788 bits per heavy atom. The highest BCUT2D eigenvalue weighted by atomic mass is 16.5. The lowest BCUT2D eigenvalue weighted by atomic mass is 10.0. The van der Waals surface area contributed by atoms with E-state index in [2.05, 4.69) is 36.6 Å². The van der Waals surface area contributed by atoms with Crippen molar-refractivity contribution in [2.24, 2.45) is 0 Å². The molecule has 0 aliphatic rings. The molecule has 0 aromatic carbocycles. The average molecular weight is 735 g/mol. The molecule has 0 radical (unpaired) electrons. The third kappa shape index (κ3) is 40.9. The maximum atomic E-state index is 12.1. The van der Waals surface area contributed by atoms with E-state index in [-0.39, 0.29) is 30.9 Å². The van der Waals surface area contributed by atoms with Gasteiger partial charge in [-0.15, -0.1) is 0 Å². The molecule has 0 rings (SSSR count). The van der Waals surface area contributed by atoms with Crippen LogP contribution in [-0.2, 0) is 19.1 Å². The van der Waals surface area contributed by atoms with Gasteiger partial charge in [0.1, 0.15) is 0 Å². The Labute approximate surface area is 322 Å². The molecule has 0 aromatic rings. The first-order valence-electron chi connectivity index (χ1n) is 22.5. The molecule has 1 unspecified atom stereocenters. The second-order valence-corrected chi connectivity index (χ2v) is 15.3. The van der Waals surface area contributed by atoms with Gasteiger partial charge in [0.2, 0.25) is 11.8 Å². The van der Waals surface area contributed by atoms with E-state index in [1.54, 1.807) is 0 Å². The van der Waals surface area contributed by atoms with E-state index in [0.29, 0.717) is 25.9 Å². The normalized spacial score (nSPS) is 12.0. The van der Waals surface area contributed by atoms with Crippen LogP contribution >= 0.6 is 0 Å². The number of amides is 2. The van der Waals surface area contributed by atoms with Gasteiger partial charge in [0.05, 0.1) is 12.7 Å². The summed E-state index contributed by atoms with van der Waals surface area (Å²) in [6, 6.07) is 0. The summed E-state index contributed by atoms with van der Waals surface area (Å²) in [5.41, 5.74) is 0. The van der Waals surface area contributed by atoms with Crippen molar-refractivity contribution in [3.05, 3.63) is 12.2 Å². The van der Waals surface area contributed by atoms with E-state index < -0.39 is 6.10 Å². The number of hydrogen-bond acceptors (Lipinski definition) is 5. The van der Waals surface area contributed by atoms with Gasteiger partial charge < -0.3 is 20.5 Å². The van der Waals surface area contributed by atoms with Crippen LogP contribution in [-0.4, -0.2) is 48.7 Å². The van der Waals surface area contributed by atoms with Crippen LogP contribution in [0.2, 0.25) is 0 Å². The molecule has 1 atom stereocenters. The summed E-state index contributed by atoms with van der Waals surface area (Å²) in [6.45, 7) is 5.41. The molecule has 0 bridgehead atoms. The fourth-order valence-electron chi connectivity index (χ4n) is 6.53. The maximum absolute atomic E-state index is 12.1. The van der Waals surface area contributed by atoms with Crippen LogP contribution in [0.3, 0.4) is 0 Å². The first-order valence-corrected chi connectivity index (χ1v) is 22.5. The van der Waals surface area contributed by atoms with Crippen molar-refractivity contribution in [1.82, 2.24) is 10.6 Å². The number of carbonyl (C=O) groups excluding carboxylic acids is 3. The SMILES string of the molecule is CCCCCCCC/C=C\CCCCCCCC(=O)NCC(O)CNC(=O)CCCCCCCCCCCCCCCOC(=O)CCCCCCC. The zero-order valence-corrected chi connectivity index (χ0v) is 34.5. The quantitative estimate of drug-likeness (QED) is 0.0329. The molecule has 2 amide bonds. The highest BCUT2D eigenvalue weighted by Gasteiger charge is 2.09. The summed E-state index contributed by atoms with van der Waals surface area (Å²) in [7, 11) is 0. The Balaban J connectivity index is 3.40. The van der Waals surface area contributed by atoms with Crippen molar-refractivity contribution in [2.75, 3.05) is 19.7 Å². The summed E-state index contributed by atoms with van der Waals surface area (Å²) >= 11 is 0. The molecule has 0 saturated heterocycles. The van der Waals surface area contributed by atoms with Crippen molar-refractivity contribution >= 4 is 17.8 Å². The molecule has 0 aliphatic carbocycles. The second kappa shape index (κ2) is 41.9. The summed E-state index contributed by atoms with van der Waals surface area (Å²) in [5.74, 6) is -0.0615. The molecule has 0 saturated carbocycles. The topological polar surface area (TPSA) is 105 Å². The van der Waals surface area contributed by atoms with Gasteiger partial charge in [-0.2, -0.15) is 0 Å². The molecule has 0 spiro atoms. The number of unbranched alkanes of at least 4 members (excludes halogenated alkanes) is 27. The van der Waals surface area contributed by atoms with Gasteiger partial charge in [-0.1, -0.05) is 174 Å². The number of ether oxygens (including phenoxy) is 1. The second-order valence-electron chi connectivity index (χ2n) is 15.3. The fraction of sp³-hybridized carbons (Fsp3) is 0.889. The smallest absolute Gasteiger partial charge is 0.305 e. The highest BCUT2D eigenvalue weighted by molar-refractivity contribution is 5.76. The van der Waals surface area contributed by atoms with E-state index in [4.69, 9.17) is 4.74 Å². The van der Waals surface area contributed by atoms with Crippen molar-refractivity contribution in [3.63, 3.8) is 0 Å². The summed E-state index contributed by atoms with van der Waals surface area (Å²) < 4.78 is 5.35. The van der Waals surface area contributed by atoms with Crippen LogP contribution in [0.25, 0.3) is 0 Å². The van der Waals surface area contributed by atoms with Crippen molar-refractivity contribution in [2.45, 2.75) is 238 Å². The van der Waals surface area contributed by atoms with Gasteiger partial charge in [0, 0.05) is 32.4 Å². The van der Waals surface area contributed by atoms with Gasteiger partial charge in [0.15, 0.2) is 0 Å². The number of esters is 1. The summed E-state index contributed by atoms with van der Waals surface area (Å²) in [4.78, 5) is 36.0. The molecule has 52 heavy (non-hydrogen) atoms. The summed E-state index contributed by atoms with van der Waals surface area (Å²) in [5, 5.41) is 15.8. The lowest BCUT2D eigenvalue weighted by molar-refractivity contribution is -0.144. The van der Waals surface area contributed by atoms with Crippen molar-refractivity contribution in [1.29, 1.82) is 0 Å². The molecule has 0 heterocycles. The number of carbonyl (C=O) groups is 3. The molecule has 7 heteroatoms. The first-order chi connectivity index (χ1) is 25.5. The van der Waals surface area contributed by atoms with Gasteiger partial charge >= 0.3 is 5.97 Å². The zero-order valence-electron chi connectivity index (χ0n) is 34.5. The van der Waals surface area contributed by atoms with E-state index in [1.807, 2.05) is 0 Å². The molecule has 3 N–H and O–H groups in total. The minimum atomic E-state index is -0.756. The molecule has 7 nitrogen and oxygen atoms in total.